The summed E-state index contributed by atoms with van der Waals surface area (Å²) in [5, 5.41) is 8.79. The van der Waals surface area contributed by atoms with Crippen LogP contribution < -0.4 is 10.5 Å². The third kappa shape index (κ3) is 2.49. The minimum absolute atomic E-state index is 0.189. The first-order valence-corrected chi connectivity index (χ1v) is 5.45. The maximum atomic E-state index is 12.3. The average molecular weight is 243 g/mol. The third-order valence-corrected chi connectivity index (χ3v) is 2.50. The smallest absolute Gasteiger partial charge is 0.196 e. The van der Waals surface area contributed by atoms with Gasteiger partial charge in [-0.05, 0) is 24.3 Å². The second kappa shape index (κ2) is 5.33. The largest absolute Gasteiger partial charge is 0.467 e. The van der Waals surface area contributed by atoms with Gasteiger partial charge in [0.1, 0.15) is 5.75 Å². The van der Waals surface area contributed by atoms with Crippen LogP contribution in [0.25, 0.3) is 0 Å². The van der Waals surface area contributed by atoms with E-state index in [0.29, 0.717) is 22.6 Å². The van der Waals surface area contributed by atoms with E-state index in [9.17, 15) is 4.79 Å². The van der Waals surface area contributed by atoms with Crippen molar-refractivity contribution in [3.05, 3.63) is 59.7 Å². The van der Waals surface area contributed by atoms with E-state index >= 15 is 0 Å². The van der Waals surface area contributed by atoms with Gasteiger partial charge < -0.3 is 15.6 Å². The molecule has 0 atom stereocenters. The fraction of sp³-hybridized carbons (Fsp3) is 0.0714. The zero-order chi connectivity index (χ0) is 13.0. The van der Waals surface area contributed by atoms with E-state index in [4.69, 9.17) is 15.6 Å². The molecule has 0 radical (unpaired) electrons. The van der Waals surface area contributed by atoms with Gasteiger partial charge in [0.2, 0.25) is 0 Å². The molecular weight excluding hydrogens is 230 g/mol. The van der Waals surface area contributed by atoms with Crippen molar-refractivity contribution in [1.82, 2.24) is 0 Å². The number of aliphatic hydroxyl groups is 1. The normalized spacial score (nSPS) is 10.1. The molecule has 2 aromatic carbocycles. The molecule has 92 valence electrons. The molecule has 0 aliphatic heterocycles. The monoisotopic (exact) mass is 243 g/mol. The van der Waals surface area contributed by atoms with Gasteiger partial charge in [0.25, 0.3) is 0 Å². The van der Waals surface area contributed by atoms with Gasteiger partial charge in [-0.15, -0.1) is 0 Å². The predicted octanol–water partition coefficient (Wildman–Crippen LogP) is 1.83. The van der Waals surface area contributed by atoms with Gasteiger partial charge in [-0.3, -0.25) is 4.79 Å². The Balaban J connectivity index is 2.40. The molecule has 0 aliphatic carbocycles. The number of aliphatic hydroxyl groups excluding tert-OH is 1. The van der Waals surface area contributed by atoms with Crippen molar-refractivity contribution in [3.63, 3.8) is 0 Å². The van der Waals surface area contributed by atoms with Crippen molar-refractivity contribution < 1.29 is 14.6 Å². The summed E-state index contributed by atoms with van der Waals surface area (Å²) in [5.74, 6) is 0.166. The molecule has 0 amide bonds. The second-order valence-electron chi connectivity index (χ2n) is 3.72. The van der Waals surface area contributed by atoms with E-state index in [1.165, 1.54) is 0 Å². The number of ketones is 1. The van der Waals surface area contributed by atoms with E-state index in [1.807, 2.05) is 0 Å². The first kappa shape index (κ1) is 12.1. The molecule has 2 rings (SSSR count). The average Bonchev–Trinajstić information content (AvgIpc) is 2.39. The highest BCUT2D eigenvalue weighted by atomic mass is 16.6. The van der Waals surface area contributed by atoms with Crippen molar-refractivity contribution in [1.29, 1.82) is 0 Å². The van der Waals surface area contributed by atoms with Crippen LogP contribution in [0.3, 0.4) is 0 Å². The Bertz CT molecular complexity index is 566. The highest BCUT2D eigenvalue weighted by Crippen LogP contribution is 2.22. The number of rotatable bonds is 4. The standard InChI is InChI=1S/C14H13NO3/c15-11-5-3-4-10(8-11)14(17)12-6-1-2-7-13(12)18-9-16/h1-8,16H,9,15H2. The number of benzene rings is 2. The minimum Gasteiger partial charge on any atom is -0.467 e. The molecule has 0 bridgehead atoms. The number of hydrogen-bond acceptors (Lipinski definition) is 4. The molecule has 0 aromatic heterocycles. The van der Waals surface area contributed by atoms with Crippen LogP contribution in [0.2, 0.25) is 0 Å². The Morgan fingerprint density at radius 2 is 1.94 bits per heavy atom. The molecule has 0 spiro atoms. The number of nitrogen functional groups attached to an aromatic ring is 1. The van der Waals surface area contributed by atoms with Crippen molar-refractivity contribution in [2.24, 2.45) is 0 Å². The van der Waals surface area contributed by atoms with Crippen LogP contribution in [0.1, 0.15) is 15.9 Å². The number of carbonyl (C=O) groups is 1. The first-order valence-electron chi connectivity index (χ1n) is 5.45. The lowest BCUT2D eigenvalue weighted by Gasteiger charge is -2.08. The maximum absolute atomic E-state index is 12.3. The van der Waals surface area contributed by atoms with Crippen LogP contribution in [0, 0.1) is 0 Å². The van der Waals surface area contributed by atoms with Gasteiger partial charge in [0.15, 0.2) is 12.6 Å². The summed E-state index contributed by atoms with van der Waals surface area (Å²) in [6.07, 6.45) is 0. The maximum Gasteiger partial charge on any atom is 0.196 e. The van der Waals surface area contributed by atoms with Crippen LogP contribution in [0.5, 0.6) is 5.75 Å². The fourth-order valence-electron chi connectivity index (χ4n) is 1.69. The van der Waals surface area contributed by atoms with Gasteiger partial charge >= 0.3 is 0 Å². The van der Waals surface area contributed by atoms with Gasteiger partial charge in [0, 0.05) is 11.3 Å². The Morgan fingerprint density at radius 3 is 2.67 bits per heavy atom. The topological polar surface area (TPSA) is 72.6 Å². The quantitative estimate of drug-likeness (QED) is 0.488. The Kier molecular flexibility index (Phi) is 3.60. The Hall–Kier alpha value is -2.33. The summed E-state index contributed by atoms with van der Waals surface area (Å²) in [5.41, 5.74) is 7.07. The van der Waals surface area contributed by atoms with Crippen LogP contribution in [0.15, 0.2) is 48.5 Å². The molecule has 0 fully saturated rings. The fourth-order valence-corrected chi connectivity index (χ4v) is 1.69. The van der Waals surface area contributed by atoms with Crippen LogP contribution in [-0.4, -0.2) is 17.7 Å². The van der Waals surface area contributed by atoms with E-state index in [0.717, 1.165) is 0 Å². The molecule has 3 N–H and O–H groups in total. The SMILES string of the molecule is Nc1cccc(C(=O)c2ccccc2OCO)c1. The molecule has 0 saturated carbocycles. The number of ether oxygens (including phenoxy) is 1. The summed E-state index contributed by atoms with van der Waals surface area (Å²) in [6, 6.07) is 13.5. The lowest BCUT2D eigenvalue weighted by molar-refractivity contribution is 0.0936. The molecule has 0 saturated heterocycles. The summed E-state index contributed by atoms with van der Waals surface area (Å²) in [7, 11) is 0. The highest BCUT2D eigenvalue weighted by Gasteiger charge is 2.14. The van der Waals surface area contributed by atoms with Crippen molar-refractivity contribution in [3.8, 4) is 5.75 Å². The second-order valence-corrected chi connectivity index (χ2v) is 3.72. The lowest BCUT2D eigenvalue weighted by Crippen LogP contribution is -2.06. The van der Waals surface area contributed by atoms with Crippen LogP contribution in [0.4, 0.5) is 5.69 Å². The molecule has 4 nitrogen and oxygen atoms in total. The molecule has 4 heteroatoms. The van der Waals surface area contributed by atoms with Crippen molar-refractivity contribution >= 4 is 11.5 Å². The zero-order valence-corrected chi connectivity index (χ0v) is 9.67. The van der Waals surface area contributed by atoms with Gasteiger partial charge in [-0.1, -0.05) is 24.3 Å². The molecule has 18 heavy (non-hydrogen) atoms. The van der Waals surface area contributed by atoms with Crippen LogP contribution in [-0.2, 0) is 0 Å². The molecule has 0 heterocycles. The molecular formula is C14H13NO3. The summed E-state index contributed by atoms with van der Waals surface area (Å²) >= 11 is 0. The highest BCUT2D eigenvalue weighted by molar-refractivity contribution is 6.11. The van der Waals surface area contributed by atoms with E-state index in [-0.39, 0.29) is 5.78 Å². The summed E-state index contributed by atoms with van der Waals surface area (Å²) in [4.78, 5) is 12.3. The van der Waals surface area contributed by atoms with Crippen molar-refractivity contribution in [2.75, 3.05) is 12.5 Å². The molecule has 2 aromatic rings. The number of anilines is 1. The summed E-state index contributed by atoms with van der Waals surface area (Å²) in [6.45, 7) is -0.471. The summed E-state index contributed by atoms with van der Waals surface area (Å²) < 4.78 is 5.01. The van der Waals surface area contributed by atoms with Crippen molar-refractivity contribution in [2.45, 2.75) is 0 Å². The Morgan fingerprint density at radius 1 is 1.17 bits per heavy atom. The van der Waals surface area contributed by atoms with E-state index in [2.05, 4.69) is 0 Å². The predicted molar refractivity (Wildman–Crippen MR) is 68.4 cm³/mol. The van der Waals surface area contributed by atoms with Gasteiger partial charge in [-0.25, -0.2) is 0 Å². The number of carbonyl (C=O) groups excluding carboxylic acids is 1. The molecule has 0 aliphatic rings. The first-order chi connectivity index (χ1) is 8.72. The number of para-hydroxylation sites is 1. The van der Waals surface area contributed by atoms with E-state index < -0.39 is 6.79 Å². The lowest BCUT2D eigenvalue weighted by atomic mass is 10.0. The zero-order valence-electron chi connectivity index (χ0n) is 9.67. The van der Waals surface area contributed by atoms with Gasteiger partial charge in [-0.2, -0.15) is 0 Å². The third-order valence-electron chi connectivity index (χ3n) is 2.50. The van der Waals surface area contributed by atoms with Crippen LogP contribution >= 0.6 is 0 Å². The molecule has 0 unspecified atom stereocenters. The van der Waals surface area contributed by atoms with E-state index in [1.54, 1.807) is 48.5 Å². The number of hydrogen-bond donors (Lipinski definition) is 2. The minimum atomic E-state index is -0.471. The van der Waals surface area contributed by atoms with Gasteiger partial charge in [0.05, 0.1) is 5.56 Å². The number of nitrogens with two attached hydrogens (primary N) is 1. The Labute approximate surface area is 105 Å².